The van der Waals surface area contributed by atoms with Gasteiger partial charge in [0.25, 0.3) is 0 Å². The van der Waals surface area contributed by atoms with E-state index >= 15 is 0 Å². The molecule has 0 aliphatic carbocycles. The molecule has 0 saturated heterocycles. The monoisotopic (exact) mass is 365 g/mol. The summed E-state index contributed by atoms with van der Waals surface area (Å²) >= 11 is 2.17. The van der Waals surface area contributed by atoms with E-state index in [1.165, 1.54) is 13.4 Å². The topological polar surface area (TPSA) is 64.5 Å². The van der Waals surface area contributed by atoms with E-state index in [1.54, 1.807) is 13.3 Å². The Bertz CT molecular complexity index is 390. The second kappa shape index (κ2) is 8.20. The minimum atomic E-state index is -0.235. The van der Waals surface area contributed by atoms with Crippen LogP contribution in [0, 0.1) is 3.57 Å². The van der Waals surface area contributed by atoms with E-state index in [0.717, 1.165) is 9.39 Å². The lowest BCUT2D eigenvalue weighted by Crippen LogP contribution is -2.31. The minimum absolute atomic E-state index is 0.235. The van der Waals surface area contributed by atoms with Gasteiger partial charge in [0.05, 0.1) is 23.7 Å². The number of methoxy groups -OCH3 is 2. The smallest absolute Gasteiger partial charge is 0.307 e. The zero-order chi connectivity index (χ0) is 13.4. The Morgan fingerprint density at radius 1 is 1.44 bits per heavy atom. The van der Waals surface area contributed by atoms with Crippen molar-refractivity contribution in [1.29, 1.82) is 0 Å². The number of esters is 1. The van der Waals surface area contributed by atoms with E-state index in [2.05, 4.69) is 37.3 Å². The lowest BCUT2D eigenvalue weighted by Gasteiger charge is -2.23. The fourth-order valence-corrected chi connectivity index (χ4v) is 2.03. The molecule has 0 amide bonds. The molecule has 0 bridgehead atoms. The van der Waals surface area contributed by atoms with Crippen molar-refractivity contribution in [3.8, 4) is 0 Å². The van der Waals surface area contributed by atoms with Crippen LogP contribution in [-0.4, -0.2) is 49.9 Å². The second-order valence-corrected chi connectivity index (χ2v) is 4.66. The summed E-state index contributed by atoms with van der Waals surface area (Å²) in [6.45, 7) is 1.78. The number of aromatic nitrogens is 2. The van der Waals surface area contributed by atoms with E-state index in [4.69, 9.17) is 4.74 Å². The lowest BCUT2D eigenvalue weighted by molar-refractivity contribution is -0.140. The Kier molecular flexibility index (Phi) is 6.88. The first kappa shape index (κ1) is 15.1. The van der Waals surface area contributed by atoms with Crippen LogP contribution in [0.4, 0.5) is 5.82 Å². The maximum atomic E-state index is 11.2. The van der Waals surface area contributed by atoms with Crippen molar-refractivity contribution >= 4 is 34.4 Å². The van der Waals surface area contributed by atoms with E-state index < -0.39 is 0 Å². The third-order valence-electron chi connectivity index (χ3n) is 2.33. The average molecular weight is 365 g/mol. The Morgan fingerprint density at radius 2 is 2.22 bits per heavy atom. The Labute approximate surface area is 120 Å². The highest BCUT2D eigenvalue weighted by atomic mass is 127. The first-order valence-corrected chi connectivity index (χ1v) is 6.53. The first-order chi connectivity index (χ1) is 8.69. The summed E-state index contributed by atoms with van der Waals surface area (Å²) in [5.41, 5.74) is 0. The predicted octanol–water partition coefficient (Wildman–Crippen LogP) is 1.10. The summed E-state index contributed by atoms with van der Waals surface area (Å²) in [6, 6.07) is 0. The van der Waals surface area contributed by atoms with E-state index in [0.29, 0.717) is 26.1 Å². The standard InChI is InChI=1S/C11H16IN3O3/c1-17-6-5-15(4-3-10(16)18-2)11-9(12)7-13-8-14-11/h7-8H,3-6H2,1-2H3. The van der Waals surface area contributed by atoms with E-state index in [-0.39, 0.29) is 5.97 Å². The normalized spacial score (nSPS) is 10.2. The first-order valence-electron chi connectivity index (χ1n) is 5.45. The minimum Gasteiger partial charge on any atom is -0.469 e. The quantitative estimate of drug-likeness (QED) is 0.533. The lowest BCUT2D eigenvalue weighted by atomic mass is 10.3. The molecular formula is C11H16IN3O3. The third kappa shape index (κ3) is 4.73. The van der Waals surface area contributed by atoms with Gasteiger partial charge in [-0.15, -0.1) is 0 Å². The molecule has 0 radical (unpaired) electrons. The van der Waals surface area contributed by atoms with Crippen molar-refractivity contribution < 1.29 is 14.3 Å². The number of carbonyl (C=O) groups excluding carboxylic acids is 1. The van der Waals surface area contributed by atoms with Gasteiger partial charge in [0.2, 0.25) is 0 Å². The number of ether oxygens (including phenoxy) is 2. The van der Waals surface area contributed by atoms with Gasteiger partial charge in [-0.1, -0.05) is 0 Å². The average Bonchev–Trinajstić information content (AvgIpc) is 2.39. The molecule has 0 fully saturated rings. The van der Waals surface area contributed by atoms with Crippen LogP contribution in [0.5, 0.6) is 0 Å². The van der Waals surface area contributed by atoms with Crippen LogP contribution < -0.4 is 4.90 Å². The zero-order valence-electron chi connectivity index (χ0n) is 10.4. The predicted molar refractivity (Wildman–Crippen MR) is 75.5 cm³/mol. The molecular weight excluding hydrogens is 349 g/mol. The molecule has 0 N–H and O–H groups in total. The van der Waals surface area contributed by atoms with Crippen LogP contribution in [-0.2, 0) is 14.3 Å². The van der Waals surface area contributed by atoms with Crippen LogP contribution in [0.15, 0.2) is 12.5 Å². The van der Waals surface area contributed by atoms with Gasteiger partial charge in [0.1, 0.15) is 12.1 Å². The zero-order valence-corrected chi connectivity index (χ0v) is 12.6. The second-order valence-electron chi connectivity index (χ2n) is 3.50. The number of anilines is 1. The summed E-state index contributed by atoms with van der Waals surface area (Å²) < 4.78 is 10.6. The number of hydrogen-bond donors (Lipinski definition) is 0. The molecule has 100 valence electrons. The summed E-state index contributed by atoms with van der Waals surface area (Å²) in [5.74, 6) is 0.577. The maximum Gasteiger partial charge on any atom is 0.307 e. The van der Waals surface area contributed by atoms with Gasteiger partial charge >= 0.3 is 5.97 Å². The molecule has 0 unspecified atom stereocenters. The highest BCUT2D eigenvalue weighted by Crippen LogP contribution is 2.18. The van der Waals surface area contributed by atoms with Crippen LogP contribution in [0.3, 0.4) is 0 Å². The molecule has 1 heterocycles. The fraction of sp³-hybridized carbons (Fsp3) is 0.545. The Balaban J connectivity index is 2.71. The summed E-state index contributed by atoms with van der Waals surface area (Å²) in [7, 11) is 3.03. The van der Waals surface area contributed by atoms with E-state index in [9.17, 15) is 4.79 Å². The Hall–Kier alpha value is -0.960. The molecule has 0 spiro atoms. The van der Waals surface area contributed by atoms with Gasteiger partial charge in [0.15, 0.2) is 0 Å². The van der Waals surface area contributed by atoms with Crippen molar-refractivity contribution in [3.05, 3.63) is 16.1 Å². The van der Waals surface area contributed by atoms with Crippen molar-refractivity contribution in [1.82, 2.24) is 9.97 Å². The van der Waals surface area contributed by atoms with Gasteiger partial charge in [-0.2, -0.15) is 0 Å². The molecule has 0 aliphatic heterocycles. The molecule has 1 aromatic rings. The van der Waals surface area contributed by atoms with Crippen molar-refractivity contribution in [2.45, 2.75) is 6.42 Å². The number of hydrogen-bond acceptors (Lipinski definition) is 6. The molecule has 18 heavy (non-hydrogen) atoms. The number of halogens is 1. The summed E-state index contributed by atoms with van der Waals surface area (Å²) in [5, 5.41) is 0. The van der Waals surface area contributed by atoms with Gasteiger partial charge < -0.3 is 14.4 Å². The number of rotatable bonds is 7. The number of carbonyl (C=O) groups is 1. The van der Waals surface area contributed by atoms with Gasteiger partial charge in [0, 0.05) is 26.4 Å². The van der Waals surface area contributed by atoms with Gasteiger partial charge in [-0.05, 0) is 22.6 Å². The molecule has 1 rings (SSSR count). The van der Waals surface area contributed by atoms with Crippen LogP contribution in [0.1, 0.15) is 6.42 Å². The molecule has 0 saturated carbocycles. The molecule has 1 aromatic heterocycles. The molecule has 0 aliphatic rings. The van der Waals surface area contributed by atoms with Crippen molar-refractivity contribution in [3.63, 3.8) is 0 Å². The van der Waals surface area contributed by atoms with Crippen molar-refractivity contribution in [2.24, 2.45) is 0 Å². The summed E-state index contributed by atoms with van der Waals surface area (Å²) in [4.78, 5) is 21.4. The van der Waals surface area contributed by atoms with Gasteiger partial charge in [-0.25, -0.2) is 9.97 Å². The van der Waals surface area contributed by atoms with E-state index in [1.807, 2.05) is 4.90 Å². The largest absolute Gasteiger partial charge is 0.469 e. The number of nitrogens with zero attached hydrogens (tertiary/aromatic N) is 3. The SMILES string of the molecule is COCCN(CCC(=O)OC)c1ncncc1I. The summed E-state index contributed by atoms with van der Waals surface area (Å²) in [6.07, 6.45) is 3.55. The van der Waals surface area contributed by atoms with Crippen molar-refractivity contribution in [2.75, 3.05) is 38.8 Å². The maximum absolute atomic E-state index is 11.2. The third-order valence-corrected chi connectivity index (χ3v) is 3.09. The highest BCUT2D eigenvalue weighted by Gasteiger charge is 2.13. The fourth-order valence-electron chi connectivity index (χ4n) is 1.39. The van der Waals surface area contributed by atoms with Crippen LogP contribution >= 0.6 is 22.6 Å². The highest BCUT2D eigenvalue weighted by molar-refractivity contribution is 14.1. The van der Waals surface area contributed by atoms with Crippen LogP contribution in [0.25, 0.3) is 0 Å². The molecule has 7 heteroatoms. The van der Waals surface area contributed by atoms with Crippen LogP contribution in [0.2, 0.25) is 0 Å². The molecule has 0 atom stereocenters. The van der Waals surface area contributed by atoms with Gasteiger partial charge in [-0.3, -0.25) is 4.79 Å². The molecule has 0 aromatic carbocycles. The molecule has 6 nitrogen and oxygen atoms in total. The Morgan fingerprint density at radius 3 is 2.83 bits per heavy atom.